The number of rotatable bonds is 4. The molecule has 0 saturated heterocycles. The average molecular weight is 248 g/mol. The molecule has 0 fully saturated rings. The molecule has 0 spiro atoms. The number of benzene rings is 1. The molecule has 1 atom stereocenters. The van der Waals surface area contributed by atoms with Crippen molar-refractivity contribution in [3.63, 3.8) is 0 Å². The lowest BCUT2D eigenvalue weighted by atomic mass is 9.83. The monoisotopic (exact) mass is 248 g/mol. The van der Waals surface area contributed by atoms with Crippen molar-refractivity contribution in [1.29, 1.82) is 0 Å². The van der Waals surface area contributed by atoms with Gasteiger partial charge >= 0.3 is 0 Å². The number of hydrogen-bond donors (Lipinski definition) is 1. The fourth-order valence-corrected chi connectivity index (χ4v) is 1.94. The van der Waals surface area contributed by atoms with Gasteiger partial charge in [-0.05, 0) is 44.9 Å². The Morgan fingerprint density at radius 3 is 2.28 bits per heavy atom. The molecule has 1 unspecified atom stereocenters. The van der Waals surface area contributed by atoms with E-state index in [0.29, 0.717) is 0 Å². The van der Waals surface area contributed by atoms with E-state index in [4.69, 9.17) is 5.73 Å². The molecule has 0 bridgehead atoms. The van der Waals surface area contributed by atoms with Gasteiger partial charge in [-0.25, -0.2) is 0 Å². The van der Waals surface area contributed by atoms with E-state index >= 15 is 0 Å². The normalized spacial score (nSPS) is 13.2. The number of likely N-dealkylation sites (N-methyl/N-ethyl adjacent to an activating group) is 1. The standard InChI is InChI=1S/C15H24N2O/c1-6-11(2)17(5)14(18)15(3,4)12-7-9-13(16)10-8-12/h7-11H,6,16H2,1-5H3. The highest BCUT2D eigenvalue weighted by Gasteiger charge is 2.33. The summed E-state index contributed by atoms with van der Waals surface area (Å²) < 4.78 is 0. The summed E-state index contributed by atoms with van der Waals surface area (Å²) in [7, 11) is 1.87. The summed E-state index contributed by atoms with van der Waals surface area (Å²) in [5.41, 5.74) is 6.88. The van der Waals surface area contributed by atoms with Crippen LogP contribution in [0.4, 0.5) is 5.69 Å². The van der Waals surface area contributed by atoms with E-state index in [1.54, 1.807) is 0 Å². The summed E-state index contributed by atoms with van der Waals surface area (Å²) in [5.74, 6) is 0.140. The largest absolute Gasteiger partial charge is 0.399 e. The van der Waals surface area contributed by atoms with E-state index in [2.05, 4.69) is 13.8 Å². The summed E-state index contributed by atoms with van der Waals surface area (Å²) in [6, 6.07) is 7.79. The molecule has 3 heteroatoms. The van der Waals surface area contributed by atoms with Gasteiger partial charge in [0, 0.05) is 18.8 Å². The second-order valence-corrected chi connectivity index (χ2v) is 5.42. The van der Waals surface area contributed by atoms with E-state index in [0.717, 1.165) is 17.7 Å². The van der Waals surface area contributed by atoms with Gasteiger partial charge in [-0.15, -0.1) is 0 Å². The van der Waals surface area contributed by atoms with E-state index in [1.165, 1.54) is 0 Å². The van der Waals surface area contributed by atoms with Gasteiger partial charge in [0.2, 0.25) is 5.91 Å². The molecule has 1 amide bonds. The van der Waals surface area contributed by atoms with Crippen molar-refractivity contribution in [2.45, 2.75) is 45.6 Å². The third-order valence-electron chi connectivity index (χ3n) is 3.74. The molecule has 0 radical (unpaired) electrons. The lowest BCUT2D eigenvalue weighted by Crippen LogP contribution is -2.45. The van der Waals surface area contributed by atoms with Gasteiger partial charge in [-0.1, -0.05) is 19.1 Å². The molecule has 3 nitrogen and oxygen atoms in total. The van der Waals surface area contributed by atoms with Crippen LogP contribution in [0.15, 0.2) is 24.3 Å². The van der Waals surface area contributed by atoms with Gasteiger partial charge in [-0.3, -0.25) is 4.79 Å². The smallest absolute Gasteiger partial charge is 0.232 e. The molecular weight excluding hydrogens is 224 g/mol. The zero-order valence-corrected chi connectivity index (χ0v) is 12.0. The van der Waals surface area contributed by atoms with Crippen molar-refractivity contribution in [1.82, 2.24) is 4.90 Å². The lowest BCUT2D eigenvalue weighted by Gasteiger charge is -2.33. The minimum absolute atomic E-state index is 0.140. The van der Waals surface area contributed by atoms with Crippen molar-refractivity contribution in [3.05, 3.63) is 29.8 Å². The van der Waals surface area contributed by atoms with Crippen LogP contribution in [-0.2, 0) is 10.2 Å². The third-order valence-corrected chi connectivity index (χ3v) is 3.74. The van der Waals surface area contributed by atoms with Crippen molar-refractivity contribution in [2.75, 3.05) is 12.8 Å². The summed E-state index contributed by atoms with van der Waals surface area (Å²) >= 11 is 0. The zero-order valence-electron chi connectivity index (χ0n) is 12.0. The summed E-state index contributed by atoms with van der Waals surface area (Å²) in [5, 5.41) is 0. The van der Waals surface area contributed by atoms with Gasteiger partial charge in [-0.2, -0.15) is 0 Å². The number of nitrogens with zero attached hydrogens (tertiary/aromatic N) is 1. The molecule has 0 aromatic heterocycles. The SMILES string of the molecule is CCC(C)N(C)C(=O)C(C)(C)c1ccc(N)cc1. The number of nitrogen functional groups attached to an aromatic ring is 1. The molecule has 2 N–H and O–H groups in total. The highest BCUT2D eigenvalue weighted by molar-refractivity contribution is 5.87. The summed E-state index contributed by atoms with van der Waals surface area (Å²) in [6.07, 6.45) is 0.958. The van der Waals surface area contributed by atoms with E-state index in [9.17, 15) is 4.79 Å². The number of carbonyl (C=O) groups is 1. The molecular formula is C15H24N2O. The number of hydrogen-bond acceptors (Lipinski definition) is 2. The molecule has 0 aliphatic carbocycles. The number of anilines is 1. The lowest BCUT2D eigenvalue weighted by molar-refractivity contribution is -0.136. The van der Waals surface area contributed by atoms with Gasteiger partial charge in [0.05, 0.1) is 5.41 Å². The quantitative estimate of drug-likeness (QED) is 0.833. The van der Waals surface area contributed by atoms with Crippen LogP contribution >= 0.6 is 0 Å². The molecule has 1 rings (SSSR count). The van der Waals surface area contributed by atoms with Crippen molar-refractivity contribution < 1.29 is 4.79 Å². The second-order valence-electron chi connectivity index (χ2n) is 5.42. The van der Waals surface area contributed by atoms with Crippen molar-refractivity contribution in [3.8, 4) is 0 Å². The summed E-state index contributed by atoms with van der Waals surface area (Å²) in [4.78, 5) is 14.4. The molecule has 100 valence electrons. The predicted molar refractivity (Wildman–Crippen MR) is 76.4 cm³/mol. The van der Waals surface area contributed by atoms with Crippen LogP contribution in [0.2, 0.25) is 0 Å². The van der Waals surface area contributed by atoms with Crippen LogP contribution in [-0.4, -0.2) is 23.9 Å². The Hall–Kier alpha value is -1.51. The molecule has 0 aliphatic heterocycles. The van der Waals surface area contributed by atoms with Crippen LogP contribution in [0, 0.1) is 0 Å². The second kappa shape index (κ2) is 5.42. The highest BCUT2D eigenvalue weighted by Crippen LogP contribution is 2.27. The number of carbonyl (C=O) groups excluding carboxylic acids is 1. The topological polar surface area (TPSA) is 46.3 Å². The Bertz CT molecular complexity index is 409. The van der Waals surface area contributed by atoms with Crippen LogP contribution in [0.5, 0.6) is 0 Å². The van der Waals surface area contributed by atoms with Crippen LogP contribution in [0.3, 0.4) is 0 Å². The van der Waals surface area contributed by atoms with Crippen LogP contribution in [0.25, 0.3) is 0 Å². The maximum Gasteiger partial charge on any atom is 0.232 e. The number of amides is 1. The molecule has 0 aliphatic rings. The molecule has 0 saturated carbocycles. The fraction of sp³-hybridized carbons (Fsp3) is 0.533. The molecule has 1 aromatic carbocycles. The minimum atomic E-state index is -0.522. The maximum atomic E-state index is 12.5. The van der Waals surface area contributed by atoms with Crippen molar-refractivity contribution >= 4 is 11.6 Å². The van der Waals surface area contributed by atoms with Crippen LogP contribution in [0.1, 0.15) is 39.7 Å². The predicted octanol–water partition coefficient (Wildman–Crippen LogP) is 2.80. The molecule has 18 heavy (non-hydrogen) atoms. The Labute approximate surface area is 110 Å². The first-order valence-corrected chi connectivity index (χ1v) is 6.44. The van der Waals surface area contributed by atoms with E-state index < -0.39 is 5.41 Å². The van der Waals surface area contributed by atoms with Crippen LogP contribution < -0.4 is 5.73 Å². The van der Waals surface area contributed by atoms with Crippen molar-refractivity contribution in [2.24, 2.45) is 0 Å². The van der Waals surface area contributed by atoms with Gasteiger partial charge < -0.3 is 10.6 Å². The van der Waals surface area contributed by atoms with Gasteiger partial charge in [0.15, 0.2) is 0 Å². The van der Waals surface area contributed by atoms with Gasteiger partial charge in [0.1, 0.15) is 0 Å². The Morgan fingerprint density at radius 2 is 1.83 bits per heavy atom. The summed E-state index contributed by atoms with van der Waals surface area (Å²) in [6.45, 7) is 8.07. The Morgan fingerprint density at radius 1 is 1.33 bits per heavy atom. The minimum Gasteiger partial charge on any atom is -0.399 e. The molecule has 0 heterocycles. The highest BCUT2D eigenvalue weighted by atomic mass is 16.2. The van der Waals surface area contributed by atoms with Gasteiger partial charge in [0.25, 0.3) is 0 Å². The first-order valence-electron chi connectivity index (χ1n) is 6.44. The maximum absolute atomic E-state index is 12.5. The third kappa shape index (κ3) is 2.84. The molecule has 1 aromatic rings. The van der Waals surface area contributed by atoms with E-state index in [1.807, 2.05) is 50.1 Å². The average Bonchev–Trinajstić information content (AvgIpc) is 2.36. The number of nitrogens with two attached hydrogens (primary N) is 1. The van der Waals surface area contributed by atoms with E-state index in [-0.39, 0.29) is 11.9 Å². The fourth-order valence-electron chi connectivity index (χ4n) is 1.94. The Balaban J connectivity index is 2.98. The zero-order chi connectivity index (χ0) is 13.9. The Kier molecular flexibility index (Phi) is 4.38. The first kappa shape index (κ1) is 14.6. The first-order chi connectivity index (χ1) is 8.30.